The summed E-state index contributed by atoms with van der Waals surface area (Å²) >= 11 is 0. The molecule has 0 spiro atoms. The minimum Gasteiger partial charge on any atom is -0.756 e. The number of nitrogens with zero attached hydrogens (tertiary/aromatic N) is 1. The van der Waals surface area contributed by atoms with Crippen molar-refractivity contribution in [3.05, 3.63) is 24.3 Å². The summed E-state index contributed by atoms with van der Waals surface area (Å²) in [6.07, 6.45) is 67.4. The topological polar surface area (TPSA) is 108 Å². The van der Waals surface area contributed by atoms with Gasteiger partial charge in [0.05, 0.1) is 39.9 Å². The lowest BCUT2D eigenvalue weighted by Crippen LogP contribution is -2.45. The molecule has 0 bridgehead atoms. The predicted molar refractivity (Wildman–Crippen MR) is 302 cm³/mol. The third-order valence-electron chi connectivity index (χ3n) is 14.2. The molecule has 2 N–H and O–H groups in total. The molecule has 0 aliphatic heterocycles. The molecular formula is C61H121N2O6P. The van der Waals surface area contributed by atoms with Gasteiger partial charge >= 0.3 is 0 Å². The number of allylic oxidation sites excluding steroid dienone is 3. The number of rotatable bonds is 57. The van der Waals surface area contributed by atoms with E-state index >= 15 is 0 Å². The van der Waals surface area contributed by atoms with Crippen molar-refractivity contribution in [1.29, 1.82) is 0 Å². The number of amides is 1. The van der Waals surface area contributed by atoms with E-state index in [2.05, 4.69) is 31.3 Å². The molecular weight excluding hydrogens is 888 g/mol. The van der Waals surface area contributed by atoms with Gasteiger partial charge in [0.2, 0.25) is 5.91 Å². The molecule has 0 heterocycles. The smallest absolute Gasteiger partial charge is 0.268 e. The van der Waals surface area contributed by atoms with Gasteiger partial charge in [-0.2, -0.15) is 0 Å². The number of hydrogen-bond acceptors (Lipinski definition) is 6. The first-order valence-electron chi connectivity index (χ1n) is 30.7. The molecule has 3 atom stereocenters. The molecule has 0 rings (SSSR count). The van der Waals surface area contributed by atoms with E-state index in [1.54, 1.807) is 6.08 Å². The highest BCUT2D eigenvalue weighted by Gasteiger charge is 2.23. The summed E-state index contributed by atoms with van der Waals surface area (Å²) in [7, 11) is 1.27. The van der Waals surface area contributed by atoms with Gasteiger partial charge in [-0.15, -0.1) is 0 Å². The van der Waals surface area contributed by atoms with E-state index in [0.717, 1.165) is 38.5 Å². The van der Waals surface area contributed by atoms with Crippen LogP contribution in [0, 0.1) is 0 Å². The minimum absolute atomic E-state index is 0.00130. The largest absolute Gasteiger partial charge is 0.756 e. The van der Waals surface area contributed by atoms with Crippen LogP contribution in [0.15, 0.2) is 24.3 Å². The average molecular weight is 1010 g/mol. The van der Waals surface area contributed by atoms with Crippen LogP contribution in [0.2, 0.25) is 0 Å². The Morgan fingerprint density at radius 1 is 0.486 bits per heavy atom. The Morgan fingerprint density at radius 2 is 0.786 bits per heavy atom. The van der Waals surface area contributed by atoms with E-state index in [0.29, 0.717) is 17.4 Å². The van der Waals surface area contributed by atoms with Crippen molar-refractivity contribution in [2.75, 3.05) is 40.9 Å². The molecule has 0 saturated heterocycles. The first kappa shape index (κ1) is 69.0. The van der Waals surface area contributed by atoms with Crippen molar-refractivity contribution in [3.63, 3.8) is 0 Å². The third-order valence-corrected chi connectivity index (χ3v) is 15.1. The van der Waals surface area contributed by atoms with E-state index in [9.17, 15) is 19.4 Å². The number of phosphoric ester groups is 1. The molecule has 0 aromatic heterocycles. The number of phosphoric acid groups is 1. The number of hydrogen-bond donors (Lipinski definition) is 2. The zero-order valence-electron chi connectivity index (χ0n) is 47.5. The number of nitrogens with one attached hydrogen (secondary N) is 1. The monoisotopic (exact) mass is 1010 g/mol. The van der Waals surface area contributed by atoms with Gasteiger partial charge in [0.1, 0.15) is 13.2 Å². The molecule has 0 radical (unpaired) electrons. The van der Waals surface area contributed by atoms with Crippen LogP contribution in [0.3, 0.4) is 0 Å². The molecule has 0 aromatic rings. The molecule has 416 valence electrons. The van der Waals surface area contributed by atoms with Crippen LogP contribution < -0.4 is 10.2 Å². The lowest BCUT2D eigenvalue weighted by atomic mass is 10.0. The fourth-order valence-corrected chi connectivity index (χ4v) is 10.1. The quantitative estimate of drug-likeness (QED) is 0.0272. The fraction of sp³-hybridized carbons (Fsp3) is 0.918. The van der Waals surface area contributed by atoms with E-state index in [1.807, 2.05) is 27.2 Å². The van der Waals surface area contributed by atoms with Gasteiger partial charge in [0.25, 0.3) is 7.82 Å². The lowest BCUT2D eigenvalue weighted by molar-refractivity contribution is -0.870. The van der Waals surface area contributed by atoms with E-state index in [4.69, 9.17) is 9.05 Å². The van der Waals surface area contributed by atoms with Crippen LogP contribution in [0.1, 0.15) is 309 Å². The lowest BCUT2D eigenvalue weighted by Gasteiger charge is -2.29. The number of likely N-dealkylation sites (N-methyl/N-ethyl adjacent to an activating group) is 1. The van der Waals surface area contributed by atoms with Gasteiger partial charge in [0, 0.05) is 6.42 Å². The van der Waals surface area contributed by atoms with Crippen LogP contribution in [0.5, 0.6) is 0 Å². The maximum absolute atomic E-state index is 12.9. The van der Waals surface area contributed by atoms with Crippen molar-refractivity contribution < 1.29 is 32.9 Å². The minimum atomic E-state index is -4.58. The standard InChI is InChI=1S/C61H121N2O6P/c1-6-8-10-12-14-16-17-18-19-20-21-22-23-24-25-26-27-28-29-30-31-32-33-34-35-36-37-38-39-40-41-42-43-44-45-47-49-51-53-55-61(65)62-59(58-69-70(66,67)68-57-56-63(3,4)5)60(64)54-52-50-48-46-15-13-11-9-7-2/h20-21,52,54,59-60,64H,6-19,22-51,53,55-58H2,1-5H3,(H-,62,65,66,67)/b21-20-,54-52+. The molecule has 1 amide bonds. The highest BCUT2D eigenvalue weighted by atomic mass is 31.2. The Balaban J connectivity index is 3.76. The van der Waals surface area contributed by atoms with Gasteiger partial charge in [-0.3, -0.25) is 9.36 Å². The van der Waals surface area contributed by atoms with Crippen molar-refractivity contribution >= 4 is 13.7 Å². The highest BCUT2D eigenvalue weighted by Crippen LogP contribution is 2.38. The number of aliphatic hydroxyl groups is 1. The maximum atomic E-state index is 12.9. The Hall–Kier alpha value is -1.02. The number of quaternary nitrogens is 1. The van der Waals surface area contributed by atoms with Gasteiger partial charge in [-0.05, 0) is 44.9 Å². The van der Waals surface area contributed by atoms with Crippen LogP contribution in [0.4, 0.5) is 0 Å². The molecule has 0 aromatic carbocycles. The Bertz CT molecular complexity index is 1190. The van der Waals surface area contributed by atoms with Gasteiger partial charge in [-0.1, -0.05) is 282 Å². The summed E-state index contributed by atoms with van der Waals surface area (Å²) in [6.45, 7) is 4.64. The summed E-state index contributed by atoms with van der Waals surface area (Å²) < 4.78 is 23.2. The van der Waals surface area contributed by atoms with E-state index in [-0.39, 0.29) is 19.1 Å². The summed E-state index contributed by atoms with van der Waals surface area (Å²) in [4.78, 5) is 25.4. The van der Waals surface area contributed by atoms with Crippen LogP contribution in [0.25, 0.3) is 0 Å². The molecule has 9 heteroatoms. The highest BCUT2D eigenvalue weighted by molar-refractivity contribution is 7.45. The van der Waals surface area contributed by atoms with E-state index in [1.165, 1.54) is 250 Å². The van der Waals surface area contributed by atoms with Crippen molar-refractivity contribution in [3.8, 4) is 0 Å². The van der Waals surface area contributed by atoms with Gasteiger partial charge < -0.3 is 28.8 Å². The second-order valence-electron chi connectivity index (χ2n) is 22.4. The summed E-state index contributed by atoms with van der Waals surface area (Å²) in [5, 5.41) is 13.8. The Kier molecular flexibility index (Phi) is 52.1. The molecule has 0 aliphatic carbocycles. The molecule has 0 aliphatic rings. The predicted octanol–water partition coefficient (Wildman–Crippen LogP) is 18.1. The third kappa shape index (κ3) is 54.7. The SMILES string of the molecule is CCCCCCCCC/C=C/C(O)C(COP(=O)([O-])OCC[N+](C)(C)C)NC(=O)CCCCCCCCCCCCCCCCCCCCCCCCCCCCC/C=C\CCCCCCCCCC. The second kappa shape index (κ2) is 52.8. The van der Waals surface area contributed by atoms with Gasteiger partial charge in [-0.25, -0.2) is 0 Å². The average Bonchev–Trinajstić information content (AvgIpc) is 3.32. The Morgan fingerprint density at radius 3 is 1.11 bits per heavy atom. The molecule has 3 unspecified atom stereocenters. The molecule has 0 saturated carbocycles. The Labute approximate surface area is 436 Å². The first-order chi connectivity index (χ1) is 34.0. The van der Waals surface area contributed by atoms with Crippen molar-refractivity contribution in [2.45, 2.75) is 321 Å². The molecule has 0 fully saturated rings. The number of unbranched alkanes of at least 4 members (excludes halogenated alkanes) is 42. The molecule has 8 nitrogen and oxygen atoms in total. The maximum Gasteiger partial charge on any atom is 0.268 e. The van der Waals surface area contributed by atoms with Gasteiger partial charge in [0.15, 0.2) is 0 Å². The van der Waals surface area contributed by atoms with Crippen LogP contribution >= 0.6 is 7.82 Å². The van der Waals surface area contributed by atoms with E-state index < -0.39 is 20.0 Å². The number of aliphatic hydroxyl groups excluding tert-OH is 1. The van der Waals surface area contributed by atoms with Crippen molar-refractivity contribution in [2.24, 2.45) is 0 Å². The van der Waals surface area contributed by atoms with Crippen molar-refractivity contribution in [1.82, 2.24) is 5.32 Å². The zero-order valence-corrected chi connectivity index (χ0v) is 48.4. The summed E-state index contributed by atoms with van der Waals surface area (Å²) in [5.74, 6) is -0.194. The molecule has 70 heavy (non-hydrogen) atoms. The summed E-state index contributed by atoms with van der Waals surface area (Å²) in [5.41, 5.74) is 0. The number of carbonyl (C=O) groups is 1. The fourth-order valence-electron chi connectivity index (χ4n) is 9.33. The summed E-state index contributed by atoms with van der Waals surface area (Å²) in [6, 6.07) is -0.881. The van der Waals surface area contributed by atoms with Crippen LogP contribution in [-0.2, 0) is 18.4 Å². The van der Waals surface area contributed by atoms with Crippen LogP contribution in [-0.4, -0.2) is 68.5 Å². The normalized spacial score (nSPS) is 14.0. The number of carbonyl (C=O) groups excluding carboxylic acids is 1. The second-order valence-corrected chi connectivity index (χ2v) is 23.8. The first-order valence-corrected chi connectivity index (χ1v) is 32.2. The zero-order chi connectivity index (χ0) is 51.3.